The van der Waals surface area contributed by atoms with Crippen molar-refractivity contribution in [3.8, 4) is 0 Å². The lowest BCUT2D eigenvalue weighted by Crippen LogP contribution is -2.42. The number of halogens is 2. The number of ether oxygens (including phenoxy) is 1. The maximum Gasteiger partial charge on any atom is 0.360 e. The maximum atomic E-state index is 14.3. The Balaban J connectivity index is 3.24. The largest absolute Gasteiger partial charge is 0.461 e. The molecule has 25 heavy (non-hydrogen) atoms. The molecule has 9 heteroatoms. The summed E-state index contributed by atoms with van der Waals surface area (Å²) in [6.07, 6.45) is 0.934. The van der Waals surface area contributed by atoms with E-state index in [1.54, 1.807) is 23.9 Å². The van der Waals surface area contributed by atoms with E-state index in [9.17, 15) is 22.0 Å². The van der Waals surface area contributed by atoms with Crippen molar-refractivity contribution in [3.63, 3.8) is 0 Å². The van der Waals surface area contributed by atoms with E-state index >= 15 is 0 Å². The fourth-order valence-electron chi connectivity index (χ4n) is 1.70. The zero-order chi connectivity index (χ0) is 19.3. The molecule has 0 bridgehead atoms. The van der Waals surface area contributed by atoms with Crippen LogP contribution in [0.3, 0.4) is 0 Å². The molecule has 1 unspecified atom stereocenters. The van der Waals surface area contributed by atoms with Crippen LogP contribution in [0.15, 0.2) is 46.9 Å². The van der Waals surface area contributed by atoms with E-state index in [1.165, 1.54) is 19.1 Å². The number of hydrazone groups is 1. The molecule has 0 fully saturated rings. The van der Waals surface area contributed by atoms with Gasteiger partial charge in [0.25, 0.3) is 10.0 Å². The number of esters is 1. The summed E-state index contributed by atoms with van der Waals surface area (Å²) in [6, 6.07) is 5.67. The fourth-order valence-corrected chi connectivity index (χ4v) is 2.51. The zero-order valence-electron chi connectivity index (χ0n) is 14.1. The molecule has 0 spiro atoms. The first-order chi connectivity index (χ1) is 11.6. The van der Waals surface area contributed by atoms with E-state index in [1.807, 2.05) is 0 Å². The summed E-state index contributed by atoms with van der Waals surface area (Å²) in [7, 11) is -4.22. The van der Waals surface area contributed by atoms with Crippen molar-refractivity contribution in [3.05, 3.63) is 42.5 Å². The Labute approximate surface area is 145 Å². The number of hydrogen-bond donors (Lipinski definition) is 1. The van der Waals surface area contributed by atoms with E-state index in [4.69, 9.17) is 0 Å². The Hall–Kier alpha value is -2.29. The molecule has 0 aliphatic carbocycles. The minimum Gasteiger partial charge on any atom is -0.461 e. The zero-order valence-corrected chi connectivity index (χ0v) is 14.9. The van der Waals surface area contributed by atoms with Gasteiger partial charge in [-0.25, -0.2) is 4.79 Å². The number of nitrogens with zero attached hydrogens (tertiary/aromatic N) is 1. The third-order valence-corrected chi connectivity index (χ3v) is 4.54. The Morgan fingerprint density at radius 2 is 1.96 bits per heavy atom. The Kier molecular flexibility index (Phi) is 6.80. The Morgan fingerprint density at radius 1 is 1.40 bits per heavy atom. The molecule has 1 atom stereocenters. The van der Waals surface area contributed by atoms with Gasteiger partial charge in [-0.15, -0.1) is 6.58 Å². The Bertz CT molecular complexity index is 759. The van der Waals surface area contributed by atoms with Crippen molar-refractivity contribution in [2.75, 3.05) is 6.61 Å². The molecular formula is C16H20F2N2O4S. The highest BCUT2D eigenvalue weighted by molar-refractivity contribution is 7.89. The average molecular weight is 374 g/mol. The van der Waals surface area contributed by atoms with Gasteiger partial charge in [0.15, 0.2) is 0 Å². The molecule has 0 radical (unpaired) electrons. The van der Waals surface area contributed by atoms with Gasteiger partial charge in [0.05, 0.1) is 11.5 Å². The summed E-state index contributed by atoms with van der Waals surface area (Å²) < 4.78 is 57.6. The standard InChI is InChI=1S/C16H20F2N2O4S/c1-5-12(4)16(17,18)14(15(21)24-6-2)19-20-25(22,23)13-9-7-11(3)8-10-13/h5,7-10,12,20H,1,6H2,2-4H3/b19-14-. The van der Waals surface area contributed by atoms with Crippen LogP contribution in [0.25, 0.3) is 0 Å². The molecule has 0 amide bonds. The van der Waals surface area contributed by atoms with Crippen LogP contribution in [0.2, 0.25) is 0 Å². The number of nitrogens with one attached hydrogen (secondary N) is 1. The molecule has 1 rings (SSSR count). The Morgan fingerprint density at radius 3 is 2.44 bits per heavy atom. The van der Waals surface area contributed by atoms with E-state index in [2.05, 4.69) is 16.4 Å². The number of benzene rings is 1. The third kappa shape index (κ3) is 5.09. The van der Waals surface area contributed by atoms with Gasteiger partial charge in [-0.05, 0) is 26.0 Å². The first-order valence-electron chi connectivity index (χ1n) is 7.40. The molecule has 0 aliphatic heterocycles. The van der Waals surface area contributed by atoms with Gasteiger partial charge in [-0.2, -0.15) is 27.1 Å². The summed E-state index contributed by atoms with van der Waals surface area (Å²) >= 11 is 0. The van der Waals surface area contributed by atoms with E-state index < -0.39 is 33.5 Å². The van der Waals surface area contributed by atoms with Gasteiger partial charge in [-0.3, -0.25) is 0 Å². The molecule has 1 aromatic carbocycles. The van der Waals surface area contributed by atoms with Crippen LogP contribution in [-0.4, -0.2) is 32.6 Å². The van der Waals surface area contributed by atoms with E-state index in [-0.39, 0.29) is 11.5 Å². The van der Waals surface area contributed by atoms with Crippen LogP contribution in [0.1, 0.15) is 19.4 Å². The van der Waals surface area contributed by atoms with Gasteiger partial charge in [0.2, 0.25) is 5.71 Å². The first kappa shape index (κ1) is 20.8. The van der Waals surface area contributed by atoms with Gasteiger partial charge in [0, 0.05) is 5.92 Å². The quantitative estimate of drug-likeness (QED) is 0.328. The van der Waals surface area contributed by atoms with Crippen molar-refractivity contribution < 1.29 is 26.7 Å². The highest BCUT2D eigenvalue weighted by Gasteiger charge is 2.46. The van der Waals surface area contributed by atoms with Crippen LogP contribution in [0.5, 0.6) is 0 Å². The SMILES string of the molecule is C=CC(C)C(F)(F)/C(=N\NS(=O)(=O)c1ccc(C)cc1)C(=O)OCC. The molecule has 1 N–H and O–H groups in total. The molecule has 0 saturated heterocycles. The number of carbonyl (C=O) groups excluding carboxylic acids is 1. The monoisotopic (exact) mass is 374 g/mol. The summed E-state index contributed by atoms with van der Waals surface area (Å²) in [6.45, 7) is 7.40. The number of sulfonamides is 1. The highest BCUT2D eigenvalue weighted by atomic mass is 32.2. The first-order valence-corrected chi connectivity index (χ1v) is 8.88. The fraction of sp³-hybridized carbons (Fsp3) is 0.375. The van der Waals surface area contributed by atoms with Crippen LogP contribution >= 0.6 is 0 Å². The molecule has 6 nitrogen and oxygen atoms in total. The van der Waals surface area contributed by atoms with Gasteiger partial charge in [-0.1, -0.05) is 30.7 Å². The predicted octanol–water partition coefficient (Wildman–Crippen LogP) is 2.65. The van der Waals surface area contributed by atoms with Crippen LogP contribution < -0.4 is 4.83 Å². The van der Waals surface area contributed by atoms with E-state index in [0.717, 1.165) is 18.6 Å². The topological polar surface area (TPSA) is 84.8 Å². The molecule has 0 heterocycles. The van der Waals surface area contributed by atoms with Gasteiger partial charge in [0.1, 0.15) is 0 Å². The summed E-state index contributed by atoms with van der Waals surface area (Å²) in [5.74, 6) is -6.63. The summed E-state index contributed by atoms with van der Waals surface area (Å²) in [5.41, 5.74) is -0.515. The van der Waals surface area contributed by atoms with Crippen molar-refractivity contribution in [1.82, 2.24) is 4.83 Å². The lowest BCUT2D eigenvalue weighted by molar-refractivity contribution is -0.136. The highest BCUT2D eigenvalue weighted by Crippen LogP contribution is 2.28. The second kappa shape index (κ2) is 8.19. The van der Waals surface area contributed by atoms with E-state index in [0.29, 0.717) is 0 Å². The second-order valence-electron chi connectivity index (χ2n) is 5.24. The molecule has 0 aliphatic rings. The van der Waals surface area contributed by atoms with Crippen molar-refractivity contribution in [1.29, 1.82) is 0 Å². The number of hydrogen-bond acceptors (Lipinski definition) is 5. The lowest BCUT2D eigenvalue weighted by Gasteiger charge is -2.21. The van der Waals surface area contributed by atoms with Crippen molar-refractivity contribution in [2.45, 2.75) is 31.6 Å². The van der Waals surface area contributed by atoms with Crippen molar-refractivity contribution in [2.24, 2.45) is 11.0 Å². The van der Waals surface area contributed by atoms with Crippen LogP contribution in [0, 0.1) is 12.8 Å². The predicted molar refractivity (Wildman–Crippen MR) is 89.9 cm³/mol. The smallest absolute Gasteiger partial charge is 0.360 e. The molecule has 0 saturated carbocycles. The van der Waals surface area contributed by atoms with Crippen LogP contribution in [-0.2, 0) is 19.6 Å². The molecular weight excluding hydrogens is 354 g/mol. The number of carbonyl (C=O) groups is 1. The number of allylic oxidation sites excluding steroid dienone is 1. The summed E-state index contributed by atoms with van der Waals surface area (Å²) in [4.78, 5) is 13.3. The minimum absolute atomic E-state index is 0.166. The average Bonchev–Trinajstić information content (AvgIpc) is 2.54. The minimum atomic E-state index is -4.22. The van der Waals surface area contributed by atoms with Gasteiger partial charge >= 0.3 is 11.9 Å². The number of rotatable bonds is 8. The molecule has 1 aromatic rings. The van der Waals surface area contributed by atoms with Crippen molar-refractivity contribution >= 4 is 21.7 Å². The molecule has 138 valence electrons. The lowest BCUT2D eigenvalue weighted by atomic mass is 9.99. The third-order valence-electron chi connectivity index (χ3n) is 3.32. The van der Waals surface area contributed by atoms with Crippen LogP contribution in [0.4, 0.5) is 8.78 Å². The second-order valence-corrected chi connectivity index (χ2v) is 6.90. The summed E-state index contributed by atoms with van der Waals surface area (Å²) in [5, 5.41) is 3.16. The number of alkyl halides is 2. The number of aryl methyl sites for hydroxylation is 1. The normalized spacial score (nSPS) is 13.9. The molecule has 0 aromatic heterocycles. The maximum absolute atomic E-state index is 14.3. The van der Waals surface area contributed by atoms with Gasteiger partial charge < -0.3 is 4.74 Å².